The molecule has 0 heterocycles. The van der Waals surface area contributed by atoms with Crippen molar-refractivity contribution in [2.24, 2.45) is 0 Å². The molecule has 2 amide bonds. The van der Waals surface area contributed by atoms with Gasteiger partial charge in [0.1, 0.15) is 0 Å². The molecule has 5 nitrogen and oxygen atoms in total. The number of nitrogens with one attached hydrogen (secondary N) is 2. The Morgan fingerprint density at radius 2 is 1.57 bits per heavy atom. The Balaban J connectivity index is 1.63. The molecule has 0 aliphatic carbocycles. The molecular weight excluding hydrogens is 376 g/mol. The normalized spacial score (nSPS) is 10.4. The Kier molecular flexibility index (Phi) is 6.42. The van der Waals surface area contributed by atoms with E-state index in [0.717, 1.165) is 22.3 Å². The molecule has 0 atom stereocenters. The summed E-state index contributed by atoms with van der Waals surface area (Å²) in [7, 11) is 0. The zero-order chi connectivity index (χ0) is 19.9. The summed E-state index contributed by atoms with van der Waals surface area (Å²) in [5.41, 5.74) is 5.71. The predicted molar refractivity (Wildman–Crippen MR) is 108 cm³/mol. The van der Waals surface area contributed by atoms with E-state index in [4.69, 9.17) is 16.8 Å². The lowest BCUT2D eigenvalue weighted by atomic mass is 10.0. The van der Waals surface area contributed by atoms with Crippen LogP contribution in [0.4, 0.5) is 0 Å². The summed E-state index contributed by atoms with van der Waals surface area (Å²) >= 11 is 5.86. The topological polar surface area (TPSA) is 78.4 Å². The first-order valence-electron chi connectivity index (χ1n) is 8.70. The average Bonchev–Trinajstić information content (AvgIpc) is 2.73. The summed E-state index contributed by atoms with van der Waals surface area (Å²) in [6, 6.07) is 21.9. The second-order valence-electron chi connectivity index (χ2n) is 6.30. The van der Waals surface area contributed by atoms with Crippen LogP contribution in [0.2, 0.25) is 5.02 Å². The number of rotatable bonds is 6. The van der Waals surface area contributed by atoms with Crippen LogP contribution in [-0.4, -0.2) is 17.0 Å². The van der Waals surface area contributed by atoms with Crippen LogP contribution in [0.3, 0.4) is 0 Å². The highest BCUT2D eigenvalue weighted by Gasteiger charge is 2.07. The summed E-state index contributed by atoms with van der Waals surface area (Å²) in [6.45, 7) is 0.448. The lowest BCUT2D eigenvalue weighted by Crippen LogP contribution is -2.24. The fourth-order valence-electron chi connectivity index (χ4n) is 2.79. The number of amides is 2. The van der Waals surface area contributed by atoms with Gasteiger partial charge in [0.05, 0.1) is 6.42 Å². The molecule has 0 unspecified atom stereocenters. The van der Waals surface area contributed by atoms with E-state index < -0.39 is 5.91 Å². The van der Waals surface area contributed by atoms with Crippen molar-refractivity contribution in [3.8, 4) is 11.1 Å². The van der Waals surface area contributed by atoms with Gasteiger partial charge in [-0.25, -0.2) is 5.48 Å². The van der Waals surface area contributed by atoms with Gasteiger partial charge in [-0.2, -0.15) is 0 Å². The fourth-order valence-corrected chi connectivity index (χ4v) is 2.92. The largest absolute Gasteiger partial charge is 0.352 e. The second kappa shape index (κ2) is 9.17. The number of halogens is 1. The van der Waals surface area contributed by atoms with E-state index >= 15 is 0 Å². The van der Waals surface area contributed by atoms with Crippen LogP contribution in [0.1, 0.15) is 21.5 Å². The number of benzene rings is 3. The van der Waals surface area contributed by atoms with Crippen LogP contribution in [0.25, 0.3) is 11.1 Å². The maximum absolute atomic E-state index is 12.2. The zero-order valence-corrected chi connectivity index (χ0v) is 15.7. The lowest BCUT2D eigenvalue weighted by molar-refractivity contribution is -0.120. The molecule has 142 valence electrons. The van der Waals surface area contributed by atoms with Gasteiger partial charge >= 0.3 is 0 Å². The first kappa shape index (κ1) is 19.6. The lowest BCUT2D eigenvalue weighted by Gasteiger charge is -2.08. The van der Waals surface area contributed by atoms with Crippen molar-refractivity contribution in [1.29, 1.82) is 0 Å². The van der Waals surface area contributed by atoms with Gasteiger partial charge in [0.2, 0.25) is 5.91 Å². The summed E-state index contributed by atoms with van der Waals surface area (Å²) in [5.74, 6) is -0.625. The molecule has 3 aromatic carbocycles. The van der Waals surface area contributed by atoms with Crippen molar-refractivity contribution in [2.75, 3.05) is 0 Å². The van der Waals surface area contributed by atoms with Crippen molar-refractivity contribution >= 4 is 23.4 Å². The van der Waals surface area contributed by atoms with Crippen molar-refractivity contribution in [3.05, 3.63) is 94.5 Å². The van der Waals surface area contributed by atoms with Gasteiger partial charge in [0.15, 0.2) is 0 Å². The third-order valence-corrected chi connectivity index (χ3v) is 4.53. The zero-order valence-electron chi connectivity index (χ0n) is 15.0. The third-order valence-electron chi connectivity index (χ3n) is 4.28. The minimum atomic E-state index is -0.558. The first-order valence-corrected chi connectivity index (χ1v) is 9.08. The summed E-state index contributed by atoms with van der Waals surface area (Å²) in [4.78, 5) is 23.7. The second-order valence-corrected chi connectivity index (χ2v) is 6.74. The highest BCUT2D eigenvalue weighted by Crippen LogP contribution is 2.21. The standard InChI is InChI=1S/C22H19ClN2O3/c23-20-10-4-15(5-11-20)14-24-21(26)13-16-2-1-3-19(12-16)17-6-8-18(9-7-17)22(27)25-28/h1-12,28H,13-14H2,(H,24,26)(H,25,27). The Bertz CT molecular complexity index is 970. The fraction of sp³-hybridized carbons (Fsp3) is 0.0909. The maximum atomic E-state index is 12.2. The molecule has 3 N–H and O–H groups in total. The SMILES string of the molecule is O=C(Cc1cccc(-c2ccc(C(=O)NO)cc2)c1)NCc1ccc(Cl)cc1. The van der Waals surface area contributed by atoms with Gasteiger partial charge in [0.25, 0.3) is 5.91 Å². The molecular formula is C22H19ClN2O3. The Morgan fingerprint density at radius 3 is 2.25 bits per heavy atom. The number of hydrogen-bond donors (Lipinski definition) is 3. The van der Waals surface area contributed by atoms with Gasteiger partial charge < -0.3 is 5.32 Å². The molecule has 0 saturated heterocycles. The molecule has 6 heteroatoms. The van der Waals surface area contributed by atoms with E-state index in [1.165, 1.54) is 0 Å². The van der Waals surface area contributed by atoms with Gasteiger partial charge in [0, 0.05) is 17.1 Å². The Morgan fingerprint density at radius 1 is 0.857 bits per heavy atom. The van der Waals surface area contributed by atoms with E-state index in [1.807, 2.05) is 36.4 Å². The monoisotopic (exact) mass is 394 g/mol. The van der Waals surface area contributed by atoms with E-state index in [0.29, 0.717) is 17.1 Å². The molecule has 0 aliphatic rings. The van der Waals surface area contributed by atoms with Crippen LogP contribution in [0.5, 0.6) is 0 Å². The minimum Gasteiger partial charge on any atom is -0.352 e. The summed E-state index contributed by atoms with van der Waals surface area (Å²) in [5, 5.41) is 12.2. The van der Waals surface area contributed by atoms with E-state index in [9.17, 15) is 9.59 Å². The minimum absolute atomic E-state index is 0.0675. The number of carbonyl (C=O) groups excluding carboxylic acids is 2. The first-order chi connectivity index (χ1) is 13.5. The molecule has 0 fully saturated rings. The molecule has 0 spiro atoms. The van der Waals surface area contributed by atoms with Gasteiger partial charge in [-0.3, -0.25) is 14.8 Å². The average molecular weight is 395 g/mol. The van der Waals surface area contributed by atoms with E-state index in [1.54, 1.807) is 41.9 Å². The predicted octanol–water partition coefficient (Wildman–Crippen LogP) is 3.98. The van der Waals surface area contributed by atoms with Crippen LogP contribution < -0.4 is 10.8 Å². The summed E-state index contributed by atoms with van der Waals surface area (Å²) in [6.07, 6.45) is 0.270. The molecule has 0 radical (unpaired) electrons. The van der Waals surface area contributed by atoms with Crippen LogP contribution in [0.15, 0.2) is 72.8 Å². The quantitative estimate of drug-likeness (QED) is 0.437. The van der Waals surface area contributed by atoms with Crippen molar-refractivity contribution in [1.82, 2.24) is 10.8 Å². The summed E-state index contributed by atoms with van der Waals surface area (Å²) < 4.78 is 0. The van der Waals surface area contributed by atoms with Crippen LogP contribution in [-0.2, 0) is 17.8 Å². The van der Waals surface area contributed by atoms with Gasteiger partial charge in [-0.1, -0.05) is 60.1 Å². The molecule has 3 rings (SSSR count). The number of hydroxylamine groups is 1. The molecule has 0 saturated carbocycles. The van der Waals surface area contributed by atoms with E-state index in [2.05, 4.69) is 5.32 Å². The molecule has 0 bridgehead atoms. The smallest absolute Gasteiger partial charge is 0.274 e. The maximum Gasteiger partial charge on any atom is 0.274 e. The van der Waals surface area contributed by atoms with Crippen molar-refractivity contribution in [3.63, 3.8) is 0 Å². The van der Waals surface area contributed by atoms with Crippen molar-refractivity contribution < 1.29 is 14.8 Å². The molecule has 0 aliphatic heterocycles. The third kappa shape index (κ3) is 5.19. The Labute approximate surface area is 167 Å². The molecule has 0 aromatic heterocycles. The highest BCUT2D eigenvalue weighted by atomic mass is 35.5. The Hall–Kier alpha value is -3.15. The van der Waals surface area contributed by atoms with Crippen LogP contribution in [0, 0.1) is 0 Å². The van der Waals surface area contributed by atoms with Crippen molar-refractivity contribution in [2.45, 2.75) is 13.0 Å². The van der Waals surface area contributed by atoms with Gasteiger partial charge in [-0.15, -0.1) is 0 Å². The molecule has 3 aromatic rings. The molecule has 28 heavy (non-hydrogen) atoms. The number of carbonyl (C=O) groups is 2. The number of hydrogen-bond acceptors (Lipinski definition) is 3. The van der Waals surface area contributed by atoms with Gasteiger partial charge in [-0.05, 0) is 46.5 Å². The van der Waals surface area contributed by atoms with Crippen LogP contribution >= 0.6 is 11.6 Å². The van der Waals surface area contributed by atoms with E-state index in [-0.39, 0.29) is 12.3 Å². The highest BCUT2D eigenvalue weighted by molar-refractivity contribution is 6.30.